The average Bonchev–Trinajstić information content (AvgIpc) is 2.64. The number of likely N-dealkylation sites (tertiary alicyclic amines) is 1. The summed E-state index contributed by atoms with van der Waals surface area (Å²) < 4.78 is 0. The lowest BCUT2D eigenvalue weighted by molar-refractivity contribution is 0.0595. The molecule has 1 aromatic heterocycles. The summed E-state index contributed by atoms with van der Waals surface area (Å²) in [5.41, 5.74) is 0.667. The van der Waals surface area contributed by atoms with Crippen LogP contribution in [0.4, 0.5) is 0 Å². The highest BCUT2D eigenvalue weighted by atomic mass is 35.5. The van der Waals surface area contributed by atoms with Gasteiger partial charge in [-0.1, -0.05) is 42.8 Å². The third-order valence-corrected chi connectivity index (χ3v) is 4.80. The van der Waals surface area contributed by atoms with Gasteiger partial charge in [0.25, 0.3) is 0 Å². The number of benzene rings is 1. The van der Waals surface area contributed by atoms with Crippen molar-refractivity contribution >= 4 is 12.4 Å². The van der Waals surface area contributed by atoms with E-state index in [4.69, 9.17) is 0 Å². The van der Waals surface area contributed by atoms with Crippen molar-refractivity contribution < 1.29 is 5.11 Å². The minimum atomic E-state index is -1.00. The molecular weight excluding hydrogens is 320 g/mol. The normalized spacial score (nSPS) is 17.7. The zero-order valence-corrected chi connectivity index (χ0v) is 14.9. The second kappa shape index (κ2) is 9.16. The van der Waals surface area contributed by atoms with Gasteiger partial charge in [0.2, 0.25) is 0 Å². The van der Waals surface area contributed by atoms with E-state index in [1.54, 1.807) is 6.20 Å². The van der Waals surface area contributed by atoms with Crippen molar-refractivity contribution in [2.75, 3.05) is 19.6 Å². The Morgan fingerprint density at radius 3 is 2.33 bits per heavy atom. The van der Waals surface area contributed by atoms with E-state index in [0.29, 0.717) is 6.42 Å². The Hall–Kier alpha value is -1.42. The number of aromatic nitrogens is 1. The molecule has 3 rings (SSSR count). The number of halogens is 1. The van der Waals surface area contributed by atoms with E-state index < -0.39 is 5.60 Å². The summed E-state index contributed by atoms with van der Waals surface area (Å²) >= 11 is 0. The number of hydrogen-bond acceptors (Lipinski definition) is 3. The van der Waals surface area contributed by atoms with Crippen LogP contribution in [-0.4, -0.2) is 34.6 Å². The van der Waals surface area contributed by atoms with Crippen molar-refractivity contribution in [3.63, 3.8) is 0 Å². The van der Waals surface area contributed by atoms with Crippen LogP contribution in [0.1, 0.15) is 43.4 Å². The van der Waals surface area contributed by atoms with Crippen LogP contribution in [0.5, 0.6) is 0 Å². The Labute approximate surface area is 151 Å². The third-order valence-electron chi connectivity index (χ3n) is 4.80. The molecule has 1 fully saturated rings. The van der Waals surface area contributed by atoms with Crippen molar-refractivity contribution in [1.29, 1.82) is 0 Å². The molecule has 0 aliphatic carbocycles. The second-order valence-corrected chi connectivity index (χ2v) is 6.45. The first-order chi connectivity index (χ1) is 11.3. The first kappa shape index (κ1) is 18.9. The molecule has 0 bridgehead atoms. The van der Waals surface area contributed by atoms with Crippen molar-refractivity contribution in [1.82, 2.24) is 9.88 Å². The van der Waals surface area contributed by atoms with Gasteiger partial charge >= 0.3 is 0 Å². The van der Waals surface area contributed by atoms with Crippen LogP contribution in [0.3, 0.4) is 0 Å². The summed E-state index contributed by atoms with van der Waals surface area (Å²) in [5, 5.41) is 11.4. The predicted octanol–water partition coefficient (Wildman–Crippen LogP) is 4.01. The Morgan fingerprint density at radius 1 is 0.958 bits per heavy atom. The Kier molecular flexibility index (Phi) is 7.22. The minimum absolute atomic E-state index is 0. The topological polar surface area (TPSA) is 36.4 Å². The maximum Gasteiger partial charge on any atom is 0.131 e. The lowest BCUT2D eigenvalue weighted by Crippen LogP contribution is -2.33. The number of pyridine rings is 1. The summed E-state index contributed by atoms with van der Waals surface area (Å²) in [4.78, 5) is 6.95. The van der Waals surface area contributed by atoms with Crippen LogP contribution >= 0.6 is 12.4 Å². The smallest absolute Gasteiger partial charge is 0.131 e. The van der Waals surface area contributed by atoms with Gasteiger partial charge in [0.1, 0.15) is 5.60 Å². The van der Waals surface area contributed by atoms with Crippen molar-refractivity contribution in [3.05, 3.63) is 66.0 Å². The molecule has 3 nitrogen and oxygen atoms in total. The van der Waals surface area contributed by atoms with Gasteiger partial charge in [-0.2, -0.15) is 0 Å². The van der Waals surface area contributed by atoms with Gasteiger partial charge in [0.05, 0.1) is 5.69 Å². The van der Waals surface area contributed by atoms with Crippen LogP contribution in [0.25, 0.3) is 0 Å². The van der Waals surface area contributed by atoms with Crippen LogP contribution < -0.4 is 0 Å². The highest BCUT2D eigenvalue weighted by Gasteiger charge is 2.32. The van der Waals surface area contributed by atoms with Crippen LogP contribution in [0, 0.1) is 0 Å². The molecule has 0 spiro atoms. The van der Waals surface area contributed by atoms with E-state index in [0.717, 1.165) is 24.2 Å². The summed E-state index contributed by atoms with van der Waals surface area (Å²) in [7, 11) is 0. The summed E-state index contributed by atoms with van der Waals surface area (Å²) in [6.07, 6.45) is 7.41. The first-order valence-corrected chi connectivity index (χ1v) is 8.71. The van der Waals surface area contributed by atoms with Gasteiger partial charge in [0, 0.05) is 6.20 Å². The lowest BCUT2D eigenvalue weighted by atomic mass is 9.85. The molecule has 1 aliphatic rings. The Morgan fingerprint density at radius 2 is 1.67 bits per heavy atom. The molecule has 1 atom stereocenters. The Balaban J connectivity index is 0.00000208. The fourth-order valence-corrected chi connectivity index (χ4v) is 3.48. The van der Waals surface area contributed by atoms with Gasteiger partial charge in [0.15, 0.2) is 0 Å². The molecule has 1 aliphatic heterocycles. The second-order valence-electron chi connectivity index (χ2n) is 6.45. The van der Waals surface area contributed by atoms with Crippen LogP contribution in [0.2, 0.25) is 0 Å². The van der Waals surface area contributed by atoms with Crippen molar-refractivity contribution in [3.8, 4) is 0 Å². The number of nitrogens with zero attached hydrogens (tertiary/aromatic N) is 2. The fraction of sp³-hybridized carbons (Fsp3) is 0.450. The fourth-order valence-electron chi connectivity index (χ4n) is 3.48. The number of rotatable bonds is 6. The quantitative estimate of drug-likeness (QED) is 0.858. The van der Waals surface area contributed by atoms with Crippen LogP contribution in [-0.2, 0) is 5.60 Å². The molecular formula is C20H27ClN2O. The van der Waals surface area contributed by atoms with E-state index in [9.17, 15) is 5.11 Å². The maximum absolute atomic E-state index is 11.4. The SMILES string of the molecule is Cl.OC(CCCN1CCCCC1)(c1ccccc1)c1ccccn1. The monoisotopic (exact) mass is 346 g/mol. The van der Waals surface area contributed by atoms with E-state index in [-0.39, 0.29) is 12.4 Å². The molecule has 1 saturated heterocycles. The van der Waals surface area contributed by atoms with Gasteiger partial charge in [-0.3, -0.25) is 4.98 Å². The third kappa shape index (κ3) is 4.56. The lowest BCUT2D eigenvalue weighted by Gasteiger charge is -2.31. The molecule has 130 valence electrons. The largest absolute Gasteiger partial charge is 0.379 e. The zero-order valence-electron chi connectivity index (χ0n) is 14.1. The molecule has 1 unspecified atom stereocenters. The molecule has 24 heavy (non-hydrogen) atoms. The summed E-state index contributed by atoms with van der Waals surface area (Å²) in [6, 6.07) is 15.7. The van der Waals surface area contributed by atoms with Gasteiger partial charge in [-0.25, -0.2) is 0 Å². The maximum atomic E-state index is 11.4. The van der Waals surface area contributed by atoms with Gasteiger partial charge in [-0.15, -0.1) is 12.4 Å². The van der Waals surface area contributed by atoms with Crippen LogP contribution in [0.15, 0.2) is 54.7 Å². The molecule has 4 heteroatoms. The molecule has 2 aromatic rings. The number of aliphatic hydroxyl groups is 1. The summed E-state index contributed by atoms with van der Waals surface area (Å²) in [6.45, 7) is 3.46. The standard InChI is InChI=1S/C20H26N2O.ClH/c23-20(18-10-3-1-4-11-18,19-12-5-6-14-21-19)13-9-17-22-15-7-2-8-16-22;/h1,3-6,10-12,14,23H,2,7-9,13,15-17H2;1H. The number of hydrogen-bond donors (Lipinski definition) is 1. The highest BCUT2D eigenvalue weighted by molar-refractivity contribution is 5.85. The van der Waals surface area contributed by atoms with E-state index in [1.807, 2.05) is 48.5 Å². The predicted molar refractivity (Wildman–Crippen MR) is 100 cm³/mol. The van der Waals surface area contributed by atoms with E-state index in [2.05, 4.69) is 9.88 Å². The van der Waals surface area contributed by atoms with Crippen molar-refractivity contribution in [2.45, 2.75) is 37.7 Å². The highest BCUT2D eigenvalue weighted by Crippen LogP contribution is 2.32. The van der Waals surface area contributed by atoms with E-state index in [1.165, 1.54) is 32.4 Å². The molecule has 0 radical (unpaired) electrons. The van der Waals surface area contributed by atoms with Crippen molar-refractivity contribution in [2.24, 2.45) is 0 Å². The summed E-state index contributed by atoms with van der Waals surface area (Å²) in [5.74, 6) is 0. The molecule has 1 N–H and O–H groups in total. The van der Waals surface area contributed by atoms with Gasteiger partial charge < -0.3 is 10.0 Å². The molecule has 0 saturated carbocycles. The first-order valence-electron chi connectivity index (χ1n) is 8.71. The molecule has 0 amide bonds. The average molecular weight is 347 g/mol. The van der Waals surface area contributed by atoms with E-state index >= 15 is 0 Å². The molecule has 2 heterocycles. The minimum Gasteiger partial charge on any atom is -0.379 e. The van der Waals surface area contributed by atoms with Gasteiger partial charge in [-0.05, 0) is 63.0 Å². The Bertz CT molecular complexity index is 546. The molecule has 1 aromatic carbocycles. The number of piperidine rings is 1. The zero-order chi connectivity index (χ0) is 16.0.